The van der Waals surface area contributed by atoms with Crippen LogP contribution in [-0.2, 0) is 0 Å². The molecule has 78 valence electrons. The van der Waals surface area contributed by atoms with E-state index in [0.29, 0.717) is 6.04 Å². The van der Waals surface area contributed by atoms with Gasteiger partial charge in [-0.15, -0.1) is 0 Å². The Hall–Kier alpha value is -1.02. The lowest BCUT2D eigenvalue weighted by Gasteiger charge is -2.16. The van der Waals surface area contributed by atoms with Gasteiger partial charge in [0.05, 0.1) is 0 Å². The van der Waals surface area contributed by atoms with Gasteiger partial charge in [0.25, 0.3) is 0 Å². The van der Waals surface area contributed by atoms with Crippen LogP contribution in [0.25, 0.3) is 0 Å². The zero-order valence-corrected chi connectivity index (χ0v) is 9.54. The molecule has 0 bridgehead atoms. The summed E-state index contributed by atoms with van der Waals surface area (Å²) in [6, 6.07) is 9.12. The summed E-state index contributed by atoms with van der Waals surface area (Å²) in [5.41, 5.74) is 2.59. The van der Waals surface area contributed by atoms with Gasteiger partial charge in [-0.2, -0.15) is 0 Å². The summed E-state index contributed by atoms with van der Waals surface area (Å²) in [7, 11) is 4.12. The third kappa shape index (κ3) is 2.74. The molecule has 1 unspecified atom stereocenters. The fraction of sp³-hybridized carbons (Fsp3) is 0.500. The molecule has 0 aliphatic heterocycles. The van der Waals surface area contributed by atoms with Gasteiger partial charge >= 0.3 is 0 Å². The minimum atomic E-state index is 0.441. The molecule has 0 saturated heterocycles. The number of nitrogens with one attached hydrogen (secondary N) is 1. The molecule has 0 spiro atoms. The van der Waals surface area contributed by atoms with Crippen molar-refractivity contribution < 1.29 is 0 Å². The van der Waals surface area contributed by atoms with E-state index >= 15 is 0 Å². The zero-order valence-electron chi connectivity index (χ0n) is 9.54. The van der Waals surface area contributed by atoms with E-state index in [2.05, 4.69) is 62.4 Å². The molecular weight excluding hydrogens is 172 g/mol. The van der Waals surface area contributed by atoms with Crippen molar-refractivity contribution in [3.8, 4) is 0 Å². The first-order valence-corrected chi connectivity index (χ1v) is 5.15. The molecule has 1 N–H and O–H groups in total. The first kappa shape index (κ1) is 11.1. The number of rotatable bonds is 4. The first-order valence-electron chi connectivity index (χ1n) is 5.15. The molecule has 1 aromatic carbocycles. The van der Waals surface area contributed by atoms with Crippen molar-refractivity contribution in [2.24, 2.45) is 0 Å². The zero-order chi connectivity index (χ0) is 10.6. The highest BCUT2D eigenvalue weighted by Crippen LogP contribution is 2.17. The van der Waals surface area contributed by atoms with Crippen LogP contribution in [0, 0.1) is 0 Å². The predicted octanol–water partition coefficient (Wildman–Crippen LogP) is 2.42. The fourth-order valence-electron chi connectivity index (χ4n) is 1.49. The van der Waals surface area contributed by atoms with E-state index in [1.165, 1.54) is 11.3 Å². The summed E-state index contributed by atoms with van der Waals surface area (Å²) in [5, 5.41) is 3.40. The van der Waals surface area contributed by atoms with Crippen molar-refractivity contribution in [3.05, 3.63) is 29.8 Å². The second-order valence-electron chi connectivity index (χ2n) is 3.77. The molecular formula is C12H20N2. The third-order valence-corrected chi connectivity index (χ3v) is 2.42. The summed E-state index contributed by atoms with van der Waals surface area (Å²) in [6.45, 7) is 5.33. The van der Waals surface area contributed by atoms with Gasteiger partial charge < -0.3 is 10.2 Å². The van der Waals surface area contributed by atoms with Gasteiger partial charge in [0.2, 0.25) is 0 Å². The monoisotopic (exact) mass is 192 g/mol. The SMILES string of the molecule is CCNC(C)c1ccc(N(C)C)cc1. The van der Waals surface area contributed by atoms with Crippen molar-refractivity contribution in [2.45, 2.75) is 19.9 Å². The van der Waals surface area contributed by atoms with E-state index in [4.69, 9.17) is 0 Å². The van der Waals surface area contributed by atoms with Crippen LogP contribution < -0.4 is 10.2 Å². The number of benzene rings is 1. The third-order valence-electron chi connectivity index (χ3n) is 2.42. The van der Waals surface area contributed by atoms with Crippen LogP contribution >= 0.6 is 0 Å². The van der Waals surface area contributed by atoms with E-state index in [0.717, 1.165) is 6.54 Å². The Labute approximate surface area is 86.9 Å². The summed E-state index contributed by atoms with van der Waals surface area (Å²) in [5.74, 6) is 0. The maximum Gasteiger partial charge on any atom is 0.0361 e. The van der Waals surface area contributed by atoms with Gasteiger partial charge in [-0.05, 0) is 31.2 Å². The molecule has 2 heteroatoms. The Morgan fingerprint density at radius 2 is 1.79 bits per heavy atom. The van der Waals surface area contributed by atoms with E-state index in [-0.39, 0.29) is 0 Å². The number of anilines is 1. The summed E-state index contributed by atoms with van der Waals surface area (Å²) in [6.07, 6.45) is 0. The van der Waals surface area contributed by atoms with E-state index in [1.54, 1.807) is 0 Å². The van der Waals surface area contributed by atoms with Gasteiger partial charge in [-0.25, -0.2) is 0 Å². The van der Waals surface area contributed by atoms with Gasteiger partial charge in [-0.1, -0.05) is 19.1 Å². The molecule has 14 heavy (non-hydrogen) atoms. The molecule has 0 aliphatic carbocycles. The lowest BCUT2D eigenvalue weighted by atomic mass is 10.1. The largest absolute Gasteiger partial charge is 0.378 e. The molecule has 0 aromatic heterocycles. The van der Waals surface area contributed by atoms with Crippen LogP contribution in [0.1, 0.15) is 25.5 Å². The van der Waals surface area contributed by atoms with E-state index < -0.39 is 0 Å². The maximum atomic E-state index is 3.40. The van der Waals surface area contributed by atoms with Crippen LogP contribution in [0.3, 0.4) is 0 Å². The van der Waals surface area contributed by atoms with Crippen molar-refractivity contribution in [3.63, 3.8) is 0 Å². The van der Waals surface area contributed by atoms with Crippen molar-refractivity contribution >= 4 is 5.69 Å². The van der Waals surface area contributed by atoms with E-state index in [9.17, 15) is 0 Å². The van der Waals surface area contributed by atoms with Gasteiger partial charge in [0.1, 0.15) is 0 Å². The smallest absolute Gasteiger partial charge is 0.0361 e. The summed E-state index contributed by atoms with van der Waals surface area (Å²) in [4.78, 5) is 2.11. The van der Waals surface area contributed by atoms with Gasteiger partial charge in [0.15, 0.2) is 0 Å². The van der Waals surface area contributed by atoms with Crippen LogP contribution in [-0.4, -0.2) is 20.6 Å². The predicted molar refractivity (Wildman–Crippen MR) is 62.9 cm³/mol. The minimum absolute atomic E-state index is 0.441. The Bertz CT molecular complexity index is 264. The molecule has 1 atom stereocenters. The molecule has 0 aliphatic rings. The average molecular weight is 192 g/mol. The molecule has 0 heterocycles. The summed E-state index contributed by atoms with van der Waals surface area (Å²) < 4.78 is 0. The lowest BCUT2D eigenvalue weighted by Crippen LogP contribution is -2.17. The molecule has 0 amide bonds. The molecule has 1 rings (SSSR count). The van der Waals surface area contributed by atoms with E-state index in [1.807, 2.05) is 0 Å². The van der Waals surface area contributed by atoms with Gasteiger partial charge in [-0.3, -0.25) is 0 Å². The van der Waals surface area contributed by atoms with Crippen LogP contribution in [0.4, 0.5) is 5.69 Å². The maximum absolute atomic E-state index is 3.40. The standard InChI is InChI=1S/C12H20N2/c1-5-13-10(2)11-6-8-12(9-7-11)14(3)4/h6-10,13H,5H2,1-4H3. The Balaban J connectivity index is 2.72. The average Bonchev–Trinajstić information content (AvgIpc) is 2.18. The number of nitrogens with zero attached hydrogens (tertiary/aromatic N) is 1. The number of hydrogen-bond acceptors (Lipinski definition) is 2. The number of hydrogen-bond donors (Lipinski definition) is 1. The Morgan fingerprint density at radius 1 is 1.21 bits per heavy atom. The second-order valence-corrected chi connectivity index (χ2v) is 3.77. The van der Waals surface area contributed by atoms with Crippen LogP contribution in [0.15, 0.2) is 24.3 Å². The molecule has 0 fully saturated rings. The fourth-order valence-corrected chi connectivity index (χ4v) is 1.49. The van der Waals surface area contributed by atoms with Gasteiger partial charge in [0, 0.05) is 25.8 Å². The Morgan fingerprint density at radius 3 is 2.21 bits per heavy atom. The summed E-state index contributed by atoms with van der Waals surface area (Å²) >= 11 is 0. The molecule has 2 nitrogen and oxygen atoms in total. The normalized spacial score (nSPS) is 12.6. The minimum Gasteiger partial charge on any atom is -0.378 e. The topological polar surface area (TPSA) is 15.3 Å². The highest BCUT2D eigenvalue weighted by molar-refractivity contribution is 5.46. The van der Waals surface area contributed by atoms with Crippen LogP contribution in [0.5, 0.6) is 0 Å². The second kappa shape index (κ2) is 5.01. The highest BCUT2D eigenvalue weighted by atomic mass is 15.1. The molecule has 0 saturated carbocycles. The highest BCUT2D eigenvalue weighted by Gasteiger charge is 2.03. The molecule has 0 radical (unpaired) electrons. The van der Waals surface area contributed by atoms with Crippen LogP contribution in [0.2, 0.25) is 0 Å². The quantitative estimate of drug-likeness (QED) is 0.788. The van der Waals surface area contributed by atoms with Crippen molar-refractivity contribution in [1.82, 2.24) is 5.32 Å². The first-order chi connectivity index (χ1) is 6.65. The van der Waals surface area contributed by atoms with Crippen molar-refractivity contribution in [1.29, 1.82) is 0 Å². The molecule has 1 aromatic rings. The van der Waals surface area contributed by atoms with Crippen molar-refractivity contribution in [2.75, 3.05) is 25.5 Å². The lowest BCUT2D eigenvalue weighted by molar-refractivity contribution is 0.598. The Kier molecular flexibility index (Phi) is 3.96.